The van der Waals surface area contributed by atoms with Gasteiger partial charge in [-0.25, -0.2) is 4.99 Å². The number of rotatable bonds is 2. The number of phenols is 2. The van der Waals surface area contributed by atoms with E-state index < -0.39 is 0 Å². The Hall–Kier alpha value is -2.25. The van der Waals surface area contributed by atoms with Gasteiger partial charge in [-0.1, -0.05) is 18.2 Å². The van der Waals surface area contributed by atoms with Gasteiger partial charge in [0.15, 0.2) is 5.17 Å². The van der Waals surface area contributed by atoms with Crippen LogP contribution < -0.4 is 5.32 Å². The van der Waals surface area contributed by atoms with Gasteiger partial charge in [-0.3, -0.25) is 4.79 Å². The Balaban J connectivity index is 1.91. The van der Waals surface area contributed by atoms with Gasteiger partial charge in [-0.2, -0.15) is 0 Å². The molecule has 0 spiro atoms. The van der Waals surface area contributed by atoms with Crippen molar-refractivity contribution in [1.82, 2.24) is 5.32 Å². The Kier molecular flexibility index (Phi) is 4.64. The smallest absolute Gasteiger partial charge is 0.264 e. The number of benzene rings is 2. The third-order valence-electron chi connectivity index (χ3n) is 3.37. The fourth-order valence-electron chi connectivity index (χ4n) is 2.10. The fraction of sp³-hybridized carbons (Fsp3) is 0.0588. The second-order valence-electron chi connectivity index (χ2n) is 5.13. The third kappa shape index (κ3) is 3.47. The number of para-hydroxylation sites is 1. The third-order valence-corrected chi connectivity index (χ3v) is 4.92. The molecular weight excluding hydrogens is 392 g/mol. The molecule has 5 nitrogen and oxygen atoms in total. The zero-order valence-electron chi connectivity index (χ0n) is 12.6. The second-order valence-corrected chi connectivity index (χ2v) is 7.02. The molecule has 24 heavy (non-hydrogen) atoms. The average Bonchev–Trinajstić information content (AvgIpc) is 2.87. The summed E-state index contributed by atoms with van der Waals surface area (Å²) in [5, 5.41) is 22.6. The first kappa shape index (κ1) is 16.6. The molecular formula is C17H13BrN2O3S. The van der Waals surface area contributed by atoms with Crippen LogP contribution in [0.4, 0.5) is 5.69 Å². The first-order valence-electron chi connectivity index (χ1n) is 7.01. The number of amides is 1. The zero-order valence-corrected chi connectivity index (χ0v) is 15.0. The maximum Gasteiger partial charge on any atom is 0.264 e. The number of phenolic OH excluding ortho intramolecular Hbond substituents is 2. The molecule has 7 heteroatoms. The molecule has 1 saturated heterocycles. The van der Waals surface area contributed by atoms with E-state index in [0.29, 0.717) is 20.1 Å². The number of nitrogens with zero attached hydrogens (tertiary/aromatic N) is 1. The van der Waals surface area contributed by atoms with Gasteiger partial charge in [0.2, 0.25) is 0 Å². The lowest BCUT2D eigenvalue weighted by Gasteiger charge is -2.03. The molecule has 0 bridgehead atoms. The molecule has 0 saturated carbocycles. The molecule has 1 fully saturated rings. The van der Waals surface area contributed by atoms with Crippen LogP contribution in [0, 0.1) is 6.92 Å². The van der Waals surface area contributed by atoms with E-state index in [1.54, 1.807) is 12.1 Å². The number of carbonyl (C=O) groups is 1. The van der Waals surface area contributed by atoms with Gasteiger partial charge in [-0.05, 0) is 58.4 Å². The number of carbonyl (C=O) groups excluding carboxylic acids is 1. The van der Waals surface area contributed by atoms with Crippen LogP contribution in [0.2, 0.25) is 0 Å². The van der Waals surface area contributed by atoms with Crippen LogP contribution in [0.15, 0.2) is 50.8 Å². The van der Waals surface area contributed by atoms with Gasteiger partial charge in [-0.15, -0.1) is 0 Å². The average molecular weight is 405 g/mol. The van der Waals surface area contributed by atoms with E-state index in [4.69, 9.17) is 0 Å². The first-order chi connectivity index (χ1) is 11.4. The van der Waals surface area contributed by atoms with Crippen molar-refractivity contribution in [2.45, 2.75) is 6.92 Å². The minimum Gasteiger partial charge on any atom is -0.507 e. The molecule has 122 valence electrons. The van der Waals surface area contributed by atoms with Crippen LogP contribution in [0.1, 0.15) is 11.1 Å². The summed E-state index contributed by atoms with van der Waals surface area (Å²) in [7, 11) is 0. The molecule has 0 aromatic heterocycles. The number of aromatic hydroxyl groups is 2. The molecule has 1 amide bonds. The summed E-state index contributed by atoms with van der Waals surface area (Å²) in [6.45, 7) is 1.95. The van der Waals surface area contributed by atoms with E-state index in [-0.39, 0.29) is 17.4 Å². The lowest BCUT2D eigenvalue weighted by molar-refractivity contribution is -0.115. The minimum absolute atomic E-state index is 0.0695. The van der Waals surface area contributed by atoms with Crippen molar-refractivity contribution in [2.24, 2.45) is 4.99 Å². The van der Waals surface area contributed by atoms with Crippen LogP contribution in [-0.2, 0) is 4.79 Å². The standard InChI is InChI=1S/C17H13BrN2O3S/c1-9-4-2-3-5-12(9)19-17-20-16(23)15(24-17)7-10-6-11(18)14(22)8-13(10)21/h2-8,21-22H,1H3,(H,19,20,23)/b15-7-. The molecule has 0 radical (unpaired) electrons. The number of halogens is 1. The highest BCUT2D eigenvalue weighted by atomic mass is 79.9. The fourth-order valence-corrected chi connectivity index (χ4v) is 3.29. The predicted molar refractivity (Wildman–Crippen MR) is 99.5 cm³/mol. The minimum atomic E-state index is -0.282. The number of thioether (sulfide) groups is 1. The van der Waals surface area contributed by atoms with Crippen molar-refractivity contribution in [3.05, 3.63) is 56.9 Å². The van der Waals surface area contributed by atoms with Crippen LogP contribution in [0.5, 0.6) is 11.5 Å². The maximum atomic E-state index is 12.1. The van der Waals surface area contributed by atoms with Gasteiger partial charge in [0.05, 0.1) is 15.1 Å². The Bertz CT molecular complexity index is 893. The maximum absolute atomic E-state index is 12.1. The van der Waals surface area contributed by atoms with Crippen LogP contribution in [-0.4, -0.2) is 21.3 Å². The van der Waals surface area contributed by atoms with Gasteiger partial charge >= 0.3 is 0 Å². The van der Waals surface area contributed by atoms with Crippen LogP contribution in [0.25, 0.3) is 6.08 Å². The Morgan fingerprint density at radius 1 is 1.21 bits per heavy atom. The Morgan fingerprint density at radius 2 is 1.96 bits per heavy atom. The quantitative estimate of drug-likeness (QED) is 0.659. The zero-order chi connectivity index (χ0) is 17.3. The summed E-state index contributed by atoms with van der Waals surface area (Å²) in [5.41, 5.74) is 2.23. The van der Waals surface area contributed by atoms with Crippen molar-refractivity contribution in [3.63, 3.8) is 0 Å². The van der Waals surface area contributed by atoms with E-state index in [9.17, 15) is 15.0 Å². The number of hydrogen-bond donors (Lipinski definition) is 3. The van der Waals surface area contributed by atoms with Gasteiger partial charge in [0.1, 0.15) is 11.5 Å². The summed E-state index contributed by atoms with van der Waals surface area (Å²) in [4.78, 5) is 17.0. The van der Waals surface area contributed by atoms with E-state index in [1.165, 1.54) is 17.8 Å². The highest BCUT2D eigenvalue weighted by molar-refractivity contribution is 9.10. The molecule has 2 aromatic rings. The monoisotopic (exact) mass is 404 g/mol. The number of amidine groups is 1. The first-order valence-corrected chi connectivity index (χ1v) is 8.61. The summed E-state index contributed by atoms with van der Waals surface area (Å²) in [5.74, 6) is -0.461. The molecule has 2 aromatic carbocycles. The summed E-state index contributed by atoms with van der Waals surface area (Å²) >= 11 is 4.38. The lowest BCUT2D eigenvalue weighted by Crippen LogP contribution is -2.19. The number of nitrogens with one attached hydrogen (secondary N) is 1. The number of aryl methyl sites for hydroxylation is 1. The van der Waals surface area contributed by atoms with Crippen molar-refractivity contribution < 1.29 is 15.0 Å². The summed E-state index contributed by atoms with van der Waals surface area (Å²) in [6.07, 6.45) is 1.56. The van der Waals surface area contributed by atoms with E-state index in [2.05, 4.69) is 26.2 Å². The Labute approximate surface area is 151 Å². The van der Waals surface area contributed by atoms with E-state index in [0.717, 1.165) is 11.3 Å². The molecule has 1 heterocycles. The molecule has 1 aliphatic rings. The van der Waals surface area contributed by atoms with Gasteiger partial charge < -0.3 is 15.5 Å². The number of aliphatic imine (C=N–C) groups is 1. The van der Waals surface area contributed by atoms with Crippen molar-refractivity contribution in [2.75, 3.05) is 0 Å². The summed E-state index contributed by atoms with van der Waals surface area (Å²) in [6, 6.07) is 10.4. The molecule has 0 atom stereocenters. The van der Waals surface area contributed by atoms with E-state index in [1.807, 2.05) is 31.2 Å². The largest absolute Gasteiger partial charge is 0.507 e. The molecule has 0 unspecified atom stereocenters. The molecule has 1 aliphatic heterocycles. The lowest BCUT2D eigenvalue weighted by atomic mass is 10.1. The van der Waals surface area contributed by atoms with Crippen molar-refractivity contribution in [3.8, 4) is 11.5 Å². The molecule has 0 aliphatic carbocycles. The Morgan fingerprint density at radius 3 is 2.71 bits per heavy atom. The predicted octanol–water partition coefficient (Wildman–Crippen LogP) is 4.06. The number of hydrogen-bond acceptors (Lipinski definition) is 5. The second kappa shape index (κ2) is 6.70. The molecule has 3 rings (SSSR count). The summed E-state index contributed by atoms with van der Waals surface area (Å²) < 4.78 is 0.435. The van der Waals surface area contributed by atoms with Crippen LogP contribution >= 0.6 is 27.7 Å². The van der Waals surface area contributed by atoms with Gasteiger partial charge in [0, 0.05) is 11.6 Å². The highest BCUT2D eigenvalue weighted by Gasteiger charge is 2.24. The van der Waals surface area contributed by atoms with Crippen molar-refractivity contribution in [1.29, 1.82) is 0 Å². The van der Waals surface area contributed by atoms with E-state index >= 15 is 0 Å². The van der Waals surface area contributed by atoms with Gasteiger partial charge in [0.25, 0.3) is 5.91 Å². The van der Waals surface area contributed by atoms with Crippen LogP contribution in [0.3, 0.4) is 0 Å². The SMILES string of the molecule is Cc1ccccc1N=C1NC(=O)/C(=C/c2cc(Br)c(O)cc2O)S1. The normalized spacial score (nSPS) is 17.5. The highest BCUT2D eigenvalue weighted by Crippen LogP contribution is 2.35. The molecule has 3 N–H and O–H groups in total. The topological polar surface area (TPSA) is 81.9 Å². The van der Waals surface area contributed by atoms with Crippen molar-refractivity contribution >= 4 is 50.5 Å².